The zero-order valence-corrected chi connectivity index (χ0v) is 13.1. The van der Waals surface area contributed by atoms with Crippen molar-refractivity contribution in [3.05, 3.63) is 69.7 Å². The Hall–Kier alpha value is -2.31. The number of nitriles is 1. The number of amides is 1. The minimum atomic E-state index is -0.575. The molecule has 2 aromatic rings. The molecule has 0 bridgehead atoms. The molecule has 1 heterocycles. The third-order valence-corrected chi connectivity index (χ3v) is 4.68. The number of fused-ring (bicyclic) bond motifs is 1. The minimum absolute atomic E-state index is 0.127. The van der Waals surface area contributed by atoms with E-state index in [1.807, 2.05) is 44.2 Å². The summed E-state index contributed by atoms with van der Waals surface area (Å²) < 4.78 is 0. The van der Waals surface area contributed by atoms with Crippen LogP contribution in [0.25, 0.3) is 0 Å². The van der Waals surface area contributed by atoms with Crippen molar-refractivity contribution >= 4 is 17.5 Å². The molecule has 110 valence electrons. The molecule has 0 fully saturated rings. The summed E-state index contributed by atoms with van der Waals surface area (Å²) in [6, 6.07) is 14.8. The molecule has 0 spiro atoms. The Bertz CT molecular complexity index is 780. The standard InChI is InChI=1S/C18H15ClN2O/c1-11-15(19)9-8-14-16(10-20)21(18(22)17(11)14)12(2)13-6-4-3-5-7-13/h3-9,12,16H,1-2H3. The van der Waals surface area contributed by atoms with Crippen LogP contribution in [0.4, 0.5) is 0 Å². The molecule has 1 aliphatic rings. The van der Waals surface area contributed by atoms with Gasteiger partial charge in [0.25, 0.3) is 5.91 Å². The lowest BCUT2D eigenvalue weighted by Crippen LogP contribution is -2.30. The van der Waals surface area contributed by atoms with Gasteiger partial charge in [-0.25, -0.2) is 0 Å². The summed E-state index contributed by atoms with van der Waals surface area (Å²) in [6.07, 6.45) is 0. The van der Waals surface area contributed by atoms with E-state index in [4.69, 9.17) is 11.6 Å². The summed E-state index contributed by atoms with van der Waals surface area (Å²) in [5, 5.41) is 10.1. The van der Waals surface area contributed by atoms with Crippen LogP contribution in [-0.4, -0.2) is 10.8 Å². The summed E-state index contributed by atoms with van der Waals surface area (Å²) in [6.45, 7) is 3.77. The highest BCUT2D eigenvalue weighted by molar-refractivity contribution is 6.32. The lowest BCUT2D eigenvalue weighted by Gasteiger charge is -2.27. The smallest absolute Gasteiger partial charge is 0.256 e. The maximum atomic E-state index is 12.9. The Morgan fingerprint density at radius 1 is 1.23 bits per heavy atom. The Kier molecular flexibility index (Phi) is 3.64. The van der Waals surface area contributed by atoms with Gasteiger partial charge in [-0.2, -0.15) is 5.26 Å². The highest BCUT2D eigenvalue weighted by atomic mass is 35.5. The summed E-state index contributed by atoms with van der Waals surface area (Å²) in [5.74, 6) is -0.127. The molecular formula is C18H15ClN2O. The van der Waals surface area contributed by atoms with E-state index >= 15 is 0 Å². The van der Waals surface area contributed by atoms with Crippen molar-refractivity contribution in [1.29, 1.82) is 5.26 Å². The minimum Gasteiger partial charge on any atom is -0.312 e. The van der Waals surface area contributed by atoms with Gasteiger partial charge in [0.05, 0.1) is 17.7 Å². The van der Waals surface area contributed by atoms with Crippen LogP contribution in [0.5, 0.6) is 0 Å². The molecule has 1 aliphatic heterocycles. The van der Waals surface area contributed by atoms with Gasteiger partial charge in [0.2, 0.25) is 0 Å². The molecule has 4 heteroatoms. The normalized spacial score (nSPS) is 18.0. The zero-order chi connectivity index (χ0) is 15.9. The molecule has 2 aromatic carbocycles. The number of carbonyl (C=O) groups excluding carboxylic acids is 1. The van der Waals surface area contributed by atoms with Crippen LogP contribution in [-0.2, 0) is 0 Å². The summed E-state index contributed by atoms with van der Waals surface area (Å²) in [4.78, 5) is 14.5. The van der Waals surface area contributed by atoms with E-state index in [0.29, 0.717) is 10.6 Å². The molecule has 0 aromatic heterocycles. The van der Waals surface area contributed by atoms with Gasteiger partial charge < -0.3 is 4.90 Å². The molecule has 3 rings (SSSR count). The monoisotopic (exact) mass is 310 g/mol. The van der Waals surface area contributed by atoms with Gasteiger partial charge in [-0.3, -0.25) is 4.79 Å². The molecule has 2 unspecified atom stereocenters. The molecule has 3 nitrogen and oxygen atoms in total. The second kappa shape index (κ2) is 5.47. The molecule has 0 aliphatic carbocycles. The molecule has 0 radical (unpaired) electrons. The Morgan fingerprint density at radius 3 is 2.55 bits per heavy atom. The first kappa shape index (κ1) is 14.6. The second-order valence-corrected chi connectivity index (χ2v) is 5.87. The Labute approximate surface area is 134 Å². The van der Waals surface area contributed by atoms with Crippen LogP contribution in [0.15, 0.2) is 42.5 Å². The predicted molar refractivity (Wildman–Crippen MR) is 85.6 cm³/mol. The molecule has 0 saturated carbocycles. The lowest BCUT2D eigenvalue weighted by molar-refractivity contribution is 0.0687. The fraction of sp³-hybridized carbons (Fsp3) is 0.222. The van der Waals surface area contributed by atoms with Crippen molar-refractivity contribution in [3.63, 3.8) is 0 Å². The first-order valence-corrected chi connectivity index (χ1v) is 7.50. The molecular weight excluding hydrogens is 296 g/mol. The average molecular weight is 311 g/mol. The van der Waals surface area contributed by atoms with Crippen LogP contribution in [0.2, 0.25) is 5.02 Å². The maximum Gasteiger partial charge on any atom is 0.256 e. The number of hydrogen-bond donors (Lipinski definition) is 0. The van der Waals surface area contributed by atoms with E-state index in [-0.39, 0.29) is 11.9 Å². The largest absolute Gasteiger partial charge is 0.312 e. The van der Waals surface area contributed by atoms with Crippen molar-refractivity contribution in [3.8, 4) is 6.07 Å². The SMILES string of the molecule is Cc1c(Cl)ccc2c1C(=O)N(C(C)c1ccccc1)C2C#N. The summed E-state index contributed by atoms with van der Waals surface area (Å²) in [7, 11) is 0. The molecule has 1 amide bonds. The number of carbonyl (C=O) groups is 1. The van der Waals surface area contributed by atoms with E-state index in [2.05, 4.69) is 6.07 Å². The number of benzene rings is 2. The third kappa shape index (κ3) is 2.08. The van der Waals surface area contributed by atoms with Gasteiger partial charge in [0.1, 0.15) is 6.04 Å². The summed E-state index contributed by atoms with van der Waals surface area (Å²) >= 11 is 6.14. The van der Waals surface area contributed by atoms with Crippen LogP contribution in [0, 0.1) is 18.3 Å². The van der Waals surface area contributed by atoms with Crippen molar-refractivity contribution in [1.82, 2.24) is 4.90 Å². The maximum absolute atomic E-state index is 12.9. The average Bonchev–Trinajstić information content (AvgIpc) is 2.83. The number of rotatable bonds is 2. The molecule has 2 atom stereocenters. The fourth-order valence-electron chi connectivity index (χ4n) is 3.04. The predicted octanol–water partition coefficient (Wildman–Crippen LogP) is 4.43. The number of halogens is 1. The van der Waals surface area contributed by atoms with E-state index in [1.165, 1.54) is 0 Å². The van der Waals surface area contributed by atoms with Gasteiger partial charge in [-0.05, 0) is 31.0 Å². The quantitative estimate of drug-likeness (QED) is 0.823. The van der Waals surface area contributed by atoms with Gasteiger partial charge in [0.15, 0.2) is 0 Å². The van der Waals surface area contributed by atoms with Crippen LogP contribution >= 0.6 is 11.6 Å². The fourth-order valence-corrected chi connectivity index (χ4v) is 3.20. The highest BCUT2D eigenvalue weighted by Crippen LogP contribution is 2.41. The van der Waals surface area contributed by atoms with Crippen LogP contribution in [0.3, 0.4) is 0 Å². The van der Waals surface area contributed by atoms with Crippen molar-refractivity contribution in [2.45, 2.75) is 25.9 Å². The first-order valence-electron chi connectivity index (χ1n) is 7.12. The topological polar surface area (TPSA) is 44.1 Å². The summed E-state index contributed by atoms with van der Waals surface area (Å²) in [5.41, 5.74) is 3.07. The molecule has 0 saturated heterocycles. The van der Waals surface area contributed by atoms with Gasteiger partial charge >= 0.3 is 0 Å². The number of hydrogen-bond acceptors (Lipinski definition) is 2. The second-order valence-electron chi connectivity index (χ2n) is 5.47. The lowest BCUT2D eigenvalue weighted by atomic mass is 10.0. The van der Waals surface area contributed by atoms with Crippen LogP contribution < -0.4 is 0 Å². The zero-order valence-electron chi connectivity index (χ0n) is 12.4. The molecule has 0 N–H and O–H groups in total. The Morgan fingerprint density at radius 2 is 1.91 bits per heavy atom. The van der Waals surface area contributed by atoms with E-state index in [1.54, 1.807) is 17.0 Å². The van der Waals surface area contributed by atoms with Crippen LogP contribution in [0.1, 0.15) is 46.1 Å². The van der Waals surface area contributed by atoms with E-state index in [9.17, 15) is 10.1 Å². The highest BCUT2D eigenvalue weighted by Gasteiger charge is 2.41. The molecule has 22 heavy (non-hydrogen) atoms. The number of nitrogens with zero attached hydrogens (tertiary/aromatic N) is 2. The van der Waals surface area contributed by atoms with Crippen molar-refractivity contribution in [2.75, 3.05) is 0 Å². The third-order valence-electron chi connectivity index (χ3n) is 4.27. The van der Waals surface area contributed by atoms with E-state index < -0.39 is 6.04 Å². The van der Waals surface area contributed by atoms with E-state index in [0.717, 1.165) is 16.7 Å². The van der Waals surface area contributed by atoms with Crippen molar-refractivity contribution < 1.29 is 4.79 Å². The van der Waals surface area contributed by atoms with Gasteiger partial charge in [-0.15, -0.1) is 0 Å². The van der Waals surface area contributed by atoms with Gasteiger partial charge in [0, 0.05) is 10.6 Å². The first-order chi connectivity index (χ1) is 10.6. The van der Waals surface area contributed by atoms with Crippen molar-refractivity contribution in [2.24, 2.45) is 0 Å². The Balaban J connectivity index is 2.10. The van der Waals surface area contributed by atoms with Gasteiger partial charge in [-0.1, -0.05) is 48.0 Å².